The molecule has 12 heavy (non-hydrogen) atoms. The minimum atomic E-state index is 0.390. The Kier molecular flexibility index (Phi) is 4.65. The first kappa shape index (κ1) is 10.0. The van der Waals surface area contributed by atoms with E-state index in [0.717, 1.165) is 26.2 Å². The Labute approximate surface area is 78.5 Å². The van der Waals surface area contributed by atoms with Crippen LogP contribution in [0, 0.1) is 0 Å². The Bertz CT molecular complexity index is 142. The molecule has 0 amide bonds. The lowest BCUT2D eigenvalue weighted by Gasteiger charge is -2.25. The van der Waals surface area contributed by atoms with Gasteiger partial charge in [-0.15, -0.1) is 0 Å². The molecule has 0 radical (unpaired) electrons. The van der Waals surface area contributed by atoms with Crippen molar-refractivity contribution in [2.24, 2.45) is 0 Å². The molecule has 1 aliphatic rings. The lowest BCUT2D eigenvalue weighted by atomic mass is 10.1. The highest BCUT2D eigenvalue weighted by Gasteiger charge is 2.14. The zero-order valence-corrected chi connectivity index (χ0v) is 8.06. The van der Waals surface area contributed by atoms with Gasteiger partial charge in [-0.05, 0) is 0 Å². The highest BCUT2D eigenvalue weighted by Crippen LogP contribution is 2.04. The number of rotatable bonds is 4. The average Bonchev–Trinajstić information content (AvgIpc) is 2.09. The Balaban J connectivity index is 2.05. The van der Waals surface area contributed by atoms with Crippen LogP contribution in [0.25, 0.3) is 0 Å². The van der Waals surface area contributed by atoms with Crippen LogP contribution in [0.4, 0.5) is 0 Å². The van der Waals surface area contributed by atoms with E-state index >= 15 is 0 Å². The molecule has 3 nitrogen and oxygen atoms in total. The Hall–Kier alpha value is -0.0600. The number of likely N-dealkylation sites (tertiary alicyclic amines) is 1. The van der Waals surface area contributed by atoms with Crippen molar-refractivity contribution in [3.8, 4) is 0 Å². The van der Waals surface area contributed by atoms with Crippen molar-refractivity contribution in [2.45, 2.75) is 12.8 Å². The molecular formula is C8H15NO2S. The fourth-order valence-corrected chi connectivity index (χ4v) is 1.41. The fourth-order valence-electron chi connectivity index (χ4n) is 1.28. The Morgan fingerprint density at radius 2 is 2.08 bits per heavy atom. The SMILES string of the molecule is O=C1CCN(CCOCS)CC1. The van der Waals surface area contributed by atoms with Crippen molar-refractivity contribution in [2.75, 3.05) is 32.2 Å². The van der Waals surface area contributed by atoms with E-state index in [9.17, 15) is 4.79 Å². The molecule has 0 spiro atoms. The van der Waals surface area contributed by atoms with Gasteiger partial charge in [0.05, 0.1) is 12.5 Å². The maximum Gasteiger partial charge on any atom is 0.135 e. The van der Waals surface area contributed by atoms with Gasteiger partial charge in [0.1, 0.15) is 5.78 Å². The second-order valence-corrected chi connectivity index (χ2v) is 3.18. The number of carbonyl (C=O) groups excluding carboxylic acids is 1. The molecule has 1 fully saturated rings. The van der Waals surface area contributed by atoms with Gasteiger partial charge in [-0.2, -0.15) is 12.6 Å². The first-order valence-corrected chi connectivity index (χ1v) is 4.89. The van der Waals surface area contributed by atoms with Gasteiger partial charge >= 0.3 is 0 Å². The first-order chi connectivity index (χ1) is 5.83. The molecule has 1 saturated heterocycles. The average molecular weight is 189 g/mol. The van der Waals surface area contributed by atoms with E-state index < -0.39 is 0 Å². The molecule has 0 aromatic heterocycles. The van der Waals surface area contributed by atoms with Crippen LogP contribution in [-0.2, 0) is 9.53 Å². The van der Waals surface area contributed by atoms with Crippen LogP contribution >= 0.6 is 12.6 Å². The molecular weight excluding hydrogens is 174 g/mol. The van der Waals surface area contributed by atoms with Crippen molar-refractivity contribution >= 4 is 18.4 Å². The number of carbonyl (C=O) groups is 1. The van der Waals surface area contributed by atoms with Crippen molar-refractivity contribution in [3.05, 3.63) is 0 Å². The van der Waals surface area contributed by atoms with Gasteiger partial charge < -0.3 is 9.64 Å². The number of ether oxygens (including phenoxy) is 1. The summed E-state index contributed by atoms with van der Waals surface area (Å²) in [7, 11) is 0. The highest BCUT2D eigenvalue weighted by molar-refractivity contribution is 7.80. The van der Waals surface area contributed by atoms with E-state index in [1.54, 1.807) is 0 Å². The Morgan fingerprint density at radius 3 is 2.67 bits per heavy atom. The molecule has 0 bridgehead atoms. The van der Waals surface area contributed by atoms with Gasteiger partial charge in [0.2, 0.25) is 0 Å². The van der Waals surface area contributed by atoms with E-state index in [2.05, 4.69) is 17.5 Å². The molecule has 0 saturated carbocycles. The van der Waals surface area contributed by atoms with Gasteiger partial charge in [-0.25, -0.2) is 0 Å². The minimum absolute atomic E-state index is 0.390. The molecule has 1 rings (SSSR count). The van der Waals surface area contributed by atoms with Gasteiger partial charge in [0, 0.05) is 32.5 Å². The van der Waals surface area contributed by atoms with E-state index in [4.69, 9.17) is 4.74 Å². The van der Waals surface area contributed by atoms with Crippen LogP contribution in [0.3, 0.4) is 0 Å². The van der Waals surface area contributed by atoms with E-state index in [-0.39, 0.29) is 0 Å². The molecule has 0 aromatic rings. The molecule has 0 N–H and O–H groups in total. The van der Waals surface area contributed by atoms with Crippen LogP contribution in [0.5, 0.6) is 0 Å². The van der Waals surface area contributed by atoms with E-state index in [1.165, 1.54) is 0 Å². The minimum Gasteiger partial charge on any atom is -0.370 e. The third kappa shape index (κ3) is 3.56. The van der Waals surface area contributed by atoms with Crippen LogP contribution in [0.15, 0.2) is 0 Å². The maximum absolute atomic E-state index is 10.9. The van der Waals surface area contributed by atoms with E-state index in [0.29, 0.717) is 24.6 Å². The molecule has 0 atom stereocenters. The van der Waals surface area contributed by atoms with Crippen LogP contribution in [0.1, 0.15) is 12.8 Å². The highest BCUT2D eigenvalue weighted by atomic mass is 32.1. The van der Waals surface area contributed by atoms with Gasteiger partial charge in [0.25, 0.3) is 0 Å². The number of ketones is 1. The van der Waals surface area contributed by atoms with Crippen molar-refractivity contribution < 1.29 is 9.53 Å². The van der Waals surface area contributed by atoms with Crippen LogP contribution < -0.4 is 0 Å². The number of Topliss-reactive ketones (excluding diaryl/α,β-unsaturated/α-hetero) is 1. The summed E-state index contributed by atoms with van der Waals surface area (Å²) in [5.74, 6) is 0.869. The zero-order chi connectivity index (χ0) is 8.81. The zero-order valence-electron chi connectivity index (χ0n) is 7.16. The topological polar surface area (TPSA) is 29.5 Å². The summed E-state index contributed by atoms with van der Waals surface area (Å²) in [5.41, 5.74) is 0. The molecule has 0 unspecified atom stereocenters. The number of piperidine rings is 1. The lowest BCUT2D eigenvalue weighted by molar-refractivity contribution is -0.121. The number of nitrogens with zero attached hydrogens (tertiary/aromatic N) is 1. The van der Waals surface area contributed by atoms with E-state index in [1.807, 2.05) is 0 Å². The predicted octanol–water partition coefficient (Wildman–Crippen LogP) is 0.555. The monoisotopic (exact) mass is 189 g/mol. The molecule has 0 aliphatic carbocycles. The normalized spacial score (nSPS) is 19.9. The fraction of sp³-hybridized carbons (Fsp3) is 0.875. The largest absolute Gasteiger partial charge is 0.370 e. The summed E-state index contributed by atoms with van der Waals surface area (Å²) in [4.78, 5) is 13.1. The summed E-state index contributed by atoms with van der Waals surface area (Å²) >= 11 is 3.94. The van der Waals surface area contributed by atoms with Gasteiger partial charge in [0.15, 0.2) is 0 Å². The molecule has 0 aromatic carbocycles. The van der Waals surface area contributed by atoms with Gasteiger partial charge in [-0.1, -0.05) is 0 Å². The summed E-state index contributed by atoms with van der Waals surface area (Å²) < 4.78 is 5.10. The smallest absolute Gasteiger partial charge is 0.135 e. The quantitative estimate of drug-likeness (QED) is 0.398. The number of hydrogen-bond acceptors (Lipinski definition) is 4. The van der Waals surface area contributed by atoms with Crippen molar-refractivity contribution in [1.29, 1.82) is 0 Å². The number of thiol groups is 1. The summed E-state index contributed by atoms with van der Waals surface area (Å²) in [6, 6.07) is 0. The van der Waals surface area contributed by atoms with Gasteiger partial charge in [-0.3, -0.25) is 4.79 Å². The first-order valence-electron chi connectivity index (χ1n) is 4.25. The predicted molar refractivity (Wildman–Crippen MR) is 50.5 cm³/mol. The molecule has 4 heteroatoms. The van der Waals surface area contributed by atoms with Crippen LogP contribution in [-0.4, -0.2) is 42.9 Å². The maximum atomic E-state index is 10.9. The summed E-state index contributed by atoms with van der Waals surface area (Å²) in [6.07, 6.45) is 1.42. The third-order valence-electron chi connectivity index (χ3n) is 2.06. The van der Waals surface area contributed by atoms with Crippen LogP contribution in [0.2, 0.25) is 0 Å². The van der Waals surface area contributed by atoms with Crippen molar-refractivity contribution in [3.63, 3.8) is 0 Å². The number of hydrogen-bond donors (Lipinski definition) is 1. The molecule has 70 valence electrons. The Morgan fingerprint density at radius 1 is 1.42 bits per heavy atom. The molecule has 1 heterocycles. The second kappa shape index (κ2) is 5.56. The summed E-state index contributed by atoms with van der Waals surface area (Å²) in [6.45, 7) is 3.44. The molecule has 1 aliphatic heterocycles. The standard InChI is InChI=1S/C8H15NO2S/c10-8-1-3-9(4-2-8)5-6-11-7-12/h12H,1-7H2. The van der Waals surface area contributed by atoms with Crippen molar-refractivity contribution in [1.82, 2.24) is 4.90 Å². The lowest BCUT2D eigenvalue weighted by Crippen LogP contribution is -2.36. The second-order valence-electron chi connectivity index (χ2n) is 2.92. The third-order valence-corrected chi connectivity index (χ3v) is 2.24. The summed E-state index contributed by atoms with van der Waals surface area (Å²) in [5, 5.41) is 0.